The lowest BCUT2D eigenvalue weighted by molar-refractivity contribution is -0.121. The number of allylic oxidation sites excluding steroid dienone is 4. The molecule has 4 nitrogen and oxygen atoms in total. The number of amidine groups is 1. The molecule has 0 aromatic rings. The van der Waals surface area contributed by atoms with E-state index in [0.29, 0.717) is 6.42 Å². The number of rotatable bonds is 33. The number of hydrogen-bond donors (Lipinski definition) is 1. The lowest BCUT2D eigenvalue weighted by Crippen LogP contribution is -2.36. The molecule has 1 aliphatic heterocycles. The summed E-state index contributed by atoms with van der Waals surface area (Å²) in [6.07, 6.45) is 45.6. The van der Waals surface area contributed by atoms with Crippen LogP contribution in [0.25, 0.3) is 0 Å². The highest BCUT2D eigenvalue weighted by Crippen LogP contribution is 2.14. The second-order valence-corrected chi connectivity index (χ2v) is 13.3. The molecule has 1 heterocycles. The van der Waals surface area contributed by atoms with Gasteiger partial charge in [0, 0.05) is 32.5 Å². The van der Waals surface area contributed by atoms with Gasteiger partial charge in [0.2, 0.25) is 5.91 Å². The molecular weight excluding hydrogens is 538 g/mol. The van der Waals surface area contributed by atoms with Gasteiger partial charge in [-0.1, -0.05) is 141 Å². The average molecular weight is 614 g/mol. The van der Waals surface area contributed by atoms with Crippen molar-refractivity contribution in [1.29, 1.82) is 0 Å². The van der Waals surface area contributed by atoms with Crippen LogP contribution in [0.3, 0.4) is 0 Å². The minimum atomic E-state index is 0.220. The van der Waals surface area contributed by atoms with Crippen LogP contribution in [-0.4, -0.2) is 42.8 Å². The molecule has 0 spiro atoms. The normalized spacial score (nSPS) is 13.5. The Kier molecular flexibility index (Phi) is 30.2. The summed E-state index contributed by atoms with van der Waals surface area (Å²) in [6.45, 7) is 8.15. The maximum absolute atomic E-state index is 12.3. The maximum atomic E-state index is 12.3. The van der Waals surface area contributed by atoms with Crippen molar-refractivity contribution in [1.82, 2.24) is 10.2 Å². The quantitative estimate of drug-likeness (QED) is 0.0591. The van der Waals surface area contributed by atoms with E-state index in [1.807, 2.05) is 0 Å². The Morgan fingerprint density at radius 3 is 1.55 bits per heavy atom. The highest BCUT2D eigenvalue weighted by Gasteiger charge is 2.16. The molecule has 0 fully saturated rings. The zero-order chi connectivity index (χ0) is 31.6. The summed E-state index contributed by atoms with van der Waals surface area (Å²) in [5.41, 5.74) is 0. The lowest BCUT2D eigenvalue weighted by Gasteiger charge is -2.20. The second-order valence-electron chi connectivity index (χ2n) is 13.3. The first-order valence-electron chi connectivity index (χ1n) is 19.6. The zero-order valence-electron chi connectivity index (χ0n) is 29.7. The monoisotopic (exact) mass is 614 g/mol. The van der Waals surface area contributed by atoms with Crippen molar-refractivity contribution in [2.45, 2.75) is 194 Å². The Labute approximate surface area is 275 Å². The Balaban J connectivity index is 1.88. The van der Waals surface area contributed by atoms with Gasteiger partial charge in [-0.05, 0) is 64.2 Å². The summed E-state index contributed by atoms with van der Waals surface area (Å²) in [6, 6.07) is 0. The standard InChI is InChI=1S/C40H75N3O/c1-3-5-7-9-11-13-15-17-19-21-23-25-27-29-31-33-39-41-35-37-43(39)38-36-42-40(44)34-32-30-28-26-24-22-20-18-16-14-12-10-8-6-4-2/h17-20H,3-16,21-38H2,1-2H3,(H,42,44)/b19-17+,20-18+. The molecule has 0 aromatic heterocycles. The van der Waals surface area contributed by atoms with Crippen LogP contribution >= 0.6 is 0 Å². The van der Waals surface area contributed by atoms with Crippen LogP contribution in [0.2, 0.25) is 0 Å². The van der Waals surface area contributed by atoms with E-state index in [2.05, 4.69) is 48.4 Å². The van der Waals surface area contributed by atoms with Gasteiger partial charge in [-0.3, -0.25) is 9.79 Å². The molecule has 0 radical (unpaired) electrons. The van der Waals surface area contributed by atoms with Gasteiger partial charge in [-0.2, -0.15) is 0 Å². The fourth-order valence-electron chi connectivity index (χ4n) is 6.14. The molecule has 0 aliphatic carbocycles. The number of aliphatic imine (C=N–C) groups is 1. The summed E-state index contributed by atoms with van der Waals surface area (Å²) < 4.78 is 0. The molecule has 4 heteroatoms. The van der Waals surface area contributed by atoms with Gasteiger partial charge in [0.25, 0.3) is 0 Å². The average Bonchev–Trinajstić information content (AvgIpc) is 3.48. The van der Waals surface area contributed by atoms with Crippen molar-refractivity contribution >= 4 is 11.7 Å². The molecule has 0 atom stereocenters. The summed E-state index contributed by atoms with van der Waals surface area (Å²) in [5, 5.41) is 3.15. The third kappa shape index (κ3) is 26.8. The molecule has 0 bridgehead atoms. The van der Waals surface area contributed by atoms with Crippen LogP contribution < -0.4 is 5.32 Å². The first-order valence-corrected chi connectivity index (χ1v) is 19.6. The lowest BCUT2D eigenvalue weighted by atomic mass is 10.1. The predicted molar refractivity (Wildman–Crippen MR) is 196 cm³/mol. The van der Waals surface area contributed by atoms with Crippen LogP contribution in [0.5, 0.6) is 0 Å². The fourth-order valence-corrected chi connectivity index (χ4v) is 6.14. The summed E-state index contributed by atoms with van der Waals surface area (Å²) in [4.78, 5) is 19.4. The maximum Gasteiger partial charge on any atom is 0.220 e. The van der Waals surface area contributed by atoms with Gasteiger partial charge in [-0.15, -0.1) is 0 Å². The third-order valence-corrected chi connectivity index (χ3v) is 9.06. The number of nitrogens with one attached hydrogen (secondary N) is 1. The van der Waals surface area contributed by atoms with E-state index in [1.165, 1.54) is 166 Å². The Morgan fingerprint density at radius 1 is 0.614 bits per heavy atom. The number of nitrogens with zero attached hydrogens (tertiary/aromatic N) is 2. The van der Waals surface area contributed by atoms with Crippen molar-refractivity contribution in [3.8, 4) is 0 Å². The number of carbonyl (C=O) groups excluding carboxylic acids is 1. The molecule has 1 amide bonds. The fraction of sp³-hybridized carbons (Fsp3) is 0.850. The molecule has 0 saturated heterocycles. The summed E-state index contributed by atoms with van der Waals surface area (Å²) in [5.74, 6) is 1.49. The topological polar surface area (TPSA) is 44.7 Å². The van der Waals surface area contributed by atoms with Crippen molar-refractivity contribution in [2.24, 2.45) is 4.99 Å². The molecule has 0 unspecified atom stereocenters. The van der Waals surface area contributed by atoms with Crippen molar-refractivity contribution in [2.75, 3.05) is 26.2 Å². The van der Waals surface area contributed by atoms with Gasteiger partial charge in [0.1, 0.15) is 0 Å². The van der Waals surface area contributed by atoms with E-state index >= 15 is 0 Å². The van der Waals surface area contributed by atoms with Crippen LogP contribution in [-0.2, 0) is 4.79 Å². The minimum Gasteiger partial charge on any atom is -0.357 e. The highest BCUT2D eigenvalue weighted by atomic mass is 16.1. The molecule has 1 N–H and O–H groups in total. The molecule has 0 saturated carbocycles. The minimum absolute atomic E-state index is 0.220. The number of hydrogen-bond acceptors (Lipinski definition) is 3. The first-order chi connectivity index (χ1) is 21.8. The highest BCUT2D eigenvalue weighted by molar-refractivity contribution is 5.83. The number of amides is 1. The van der Waals surface area contributed by atoms with Gasteiger partial charge < -0.3 is 10.2 Å². The number of carbonyl (C=O) groups is 1. The van der Waals surface area contributed by atoms with Crippen LogP contribution in [0.15, 0.2) is 29.3 Å². The Bertz CT molecular complexity index is 713. The van der Waals surface area contributed by atoms with Crippen molar-refractivity contribution < 1.29 is 4.79 Å². The van der Waals surface area contributed by atoms with Crippen molar-refractivity contribution in [3.63, 3.8) is 0 Å². The Hall–Kier alpha value is -1.58. The molecule has 256 valence electrons. The third-order valence-electron chi connectivity index (χ3n) is 9.06. The van der Waals surface area contributed by atoms with Gasteiger partial charge in [0.15, 0.2) is 0 Å². The van der Waals surface area contributed by atoms with Crippen LogP contribution in [0.1, 0.15) is 194 Å². The van der Waals surface area contributed by atoms with Crippen LogP contribution in [0, 0.1) is 0 Å². The Morgan fingerprint density at radius 2 is 1.05 bits per heavy atom. The molecule has 1 aliphatic rings. The smallest absolute Gasteiger partial charge is 0.220 e. The van der Waals surface area contributed by atoms with E-state index < -0.39 is 0 Å². The predicted octanol–water partition coefficient (Wildman–Crippen LogP) is 11.9. The van der Waals surface area contributed by atoms with Gasteiger partial charge in [-0.25, -0.2) is 0 Å². The first kappa shape index (κ1) is 40.4. The van der Waals surface area contributed by atoms with Gasteiger partial charge in [0.05, 0.1) is 12.4 Å². The van der Waals surface area contributed by atoms with E-state index in [4.69, 9.17) is 4.99 Å². The van der Waals surface area contributed by atoms with Crippen molar-refractivity contribution in [3.05, 3.63) is 24.3 Å². The SMILES string of the molecule is CCCCCCCC/C=C/CCCCCCCC(=O)NCCN1CCN=C1CCCCCCC/C=C/CCCCCCCC. The zero-order valence-corrected chi connectivity index (χ0v) is 29.7. The van der Waals surface area contributed by atoms with E-state index in [-0.39, 0.29) is 5.91 Å². The molecule has 0 aromatic carbocycles. The van der Waals surface area contributed by atoms with Crippen LogP contribution in [0.4, 0.5) is 0 Å². The largest absolute Gasteiger partial charge is 0.357 e. The number of unbranched alkanes of at least 4 members (excludes halogenated alkanes) is 22. The van der Waals surface area contributed by atoms with E-state index in [9.17, 15) is 4.79 Å². The second kappa shape index (κ2) is 32.8. The molecule has 44 heavy (non-hydrogen) atoms. The van der Waals surface area contributed by atoms with E-state index in [0.717, 1.165) is 39.0 Å². The summed E-state index contributed by atoms with van der Waals surface area (Å²) in [7, 11) is 0. The molecular formula is C40H75N3O. The molecule has 1 rings (SSSR count). The van der Waals surface area contributed by atoms with Gasteiger partial charge >= 0.3 is 0 Å². The summed E-state index contributed by atoms with van der Waals surface area (Å²) >= 11 is 0. The van der Waals surface area contributed by atoms with E-state index in [1.54, 1.807) is 0 Å².